The molecule has 0 aliphatic heterocycles. The van der Waals surface area contributed by atoms with Crippen LogP contribution in [0.4, 0.5) is 8.78 Å². The van der Waals surface area contributed by atoms with Gasteiger partial charge in [0, 0.05) is 25.3 Å². The van der Waals surface area contributed by atoms with Crippen molar-refractivity contribution in [2.75, 3.05) is 13.2 Å². The van der Waals surface area contributed by atoms with Crippen LogP contribution in [-0.4, -0.2) is 29.8 Å². The minimum Gasteiger partial charge on any atom is -0.388 e. The van der Waals surface area contributed by atoms with Gasteiger partial charge >= 0.3 is 0 Å². The summed E-state index contributed by atoms with van der Waals surface area (Å²) in [5.41, 5.74) is 5.76. The van der Waals surface area contributed by atoms with Crippen LogP contribution < -0.4 is 5.73 Å². The highest BCUT2D eigenvalue weighted by molar-refractivity contribution is 5.13. The fourth-order valence-electron chi connectivity index (χ4n) is 4.40. The van der Waals surface area contributed by atoms with Crippen LogP contribution in [0, 0.1) is 17.8 Å². The zero-order valence-electron chi connectivity index (χ0n) is 13.3. The van der Waals surface area contributed by atoms with E-state index in [1.807, 2.05) is 30.3 Å². The first-order chi connectivity index (χ1) is 10.9. The third-order valence-corrected chi connectivity index (χ3v) is 5.59. The van der Waals surface area contributed by atoms with E-state index in [4.69, 9.17) is 10.5 Å². The van der Waals surface area contributed by atoms with Crippen LogP contribution in [0.3, 0.4) is 0 Å². The summed E-state index contributed by atoms with van der Waals surface area (Å²) in [6.45, 7) is 0.936. The Hall–Kier alpha value is -1.04. The Morgan fingerprint density at radius 3 is 2.65 bits per heavy atom. The van der Waals surface area contributed by atoms with Gasteiger partial charge in [0.2, 0.25) is 5.92 Å². The molecule has 0 saturated heterocycles. The molecule has 23 heavy (non-hydrogen) atoms. The lowest BCUT2D eigenvalue weighted by Crippen LogP contribution is -2.45. The van der Waals surface area contributed by atoms with Crippen molar-refractivity contribution >= 4 is 0 Å². The Kier molecular flexibility index (Phi) is 4.72. The molecule has 4 unspecified atom stereocenters. The summed E-state index contributed by atoms with van der Waals surface area (Å²) < 4.78 is 33.1. The van der Waals surface area contributed by atoms with Crippen molar-refractivity contribution in [3.05, 3.63) is 35.9 Å². The standard InChI is InChI=1S/C18H25F2NO2/c19-18(20)7-6-15-14(9-18)8-17(22,12-21)16(15)11-23-10-13-4-2-1-3-5-13/h1-5,14-16,22H,6-12,21H2. The summed E-state index contributed by atoms with van der Waals surface area (Å²) in [6.07, 6.45) is 0.585. The summed E-state index contributed by atoms with van der Waals surface area (Å²) >= 11 is 0. The average molecular weight is 325 g/mol. The number of hydrogen-bond donors (Lipinski definition) is 2. The van der Waals surface area contributed by atoms with E-state index in [1.165, 1.54) is 0 Å². The Labute approximate surface area is 135 Å². The van der Waals surface area contributed by atoms with E-state index in [1.54, 1.807) is 0 Å². The molecule has 1 aromatic carbocycles. The molecule has 0 aromatic heterocycles. The van der Waals surface area contributed by atoms with Crippen molar-refractivity contribution in [3.63, 3.8) is 0 Å². The van der Waals surface area contributed by atoms with Crippen molar-refractivity contribution in [2.45, 2.75) is 43.8 Å². The predicted octanol–water partition coefficient (Wildman–Crippen LogP) is 2.96. The fourth-order valence-corrected chi connectivity index (χ4v) is 4.40. The van der Waals surface area contributed by atoms with E-state index in [0.29, 0.717) is 26.1 Å². The number of halogens is 2. The number of benzene rings is 1. The fraction of sp³-hybridized carbons (Fsp3) is 0.667. The number of hydrogen-bond acceptors (Lipinski definition) is 3. The normalized spacial score (nSPS) is 35.9. The molecular weight excluding hydrogens is 300 g/mol. The maximum atomic E-state index is 13.7. The van der Waals surface area contributed by atoms with Crippen molar-refractivity contribution in [1.29, 1.82) is 0 Å². The summed E-state index contributed by atoms with van der Waals surface area (Å²) in [6, 6.07) is 9.80. The quantitative estimate of drug-likeness (QED) is 0.875. The number of nitrogens with two attached hydrogens (primary N) is 1. The molecule has 3 N–H and O–H groups in total. The van der Waals surface area contributed by atoms with Gasteiger partial charge in [-0.1, -0.05) is 30.3 Å². The van der Waals surface area contributed by atoms with Crippen LogP contribution in [-0.2, 0) is 11.3 Å². The van der Waals surface area contributed by atoms with Crippen molar-refractivity contribution in [3.8, 4) is 0 Å². The molecule has 128 valence electrons. The molecule has 2 aliphatic rings. The number of aliphatic hydroxyl groups is 1. The van der Waals surface area contributed by atoms with Crippen LogP contribution in [0.25, 0.3) is 0 Å². The van der Waals surface area contributed by atoms with Crippen LogP contribution in [0.2, 0.25) is 0 Å². The van der Waals surface area contributed by atoms with Crippen LogP contribution in [0.5, 0.6) is 0 Å². The summed E-state index contributed by atoms with van der Waals surface area (Å²) in [5.74, 6) is -2.83. The van der Waals surface area contributed by atoms with Gasteiger partial charge in [-0.25, -0.2) is 8.78 Å². The summed E-state index contributed by atoms with van der Waals surface area (Å²) in [7, 11) is 0. The van der Waals surface area contributed by atoms with Crippen LogP contribution in [0.1, 0.15) is 31.2 Å². The zero-order chi connectivity index (χ0) is 16.5. The molecule has 3 rings (SSSR count). The van der Waals surface area contributed by atoms with E-state index >= 15 is 0 Å². The monoisotopic (exact) mass is 325 g/mol. The van der Waals surface area contributed by atoms with Gasteiger partial charge in [-0.3, -0.25) is 0 Å². The molecule has 2 fully saturated rings. The second-order valence-corrected chi connectivity index (χ2v) is 7.14. The molecule has 0 radical (unpaired) electrons. The SMILES string of the molecule is NCC1(O)CC2CC(F)(F)CCC2C1COCc1ccccc1. The first-order valence-corrected chi connectivity index (χ1v) is 8.35. The van der Waals surface area contributed by atoms with Crippen LogP contribution in [0.15, 0.2) is 30.3 Å². The van der Waals surface area contributed by atoms with Crippen LogP contribution >= 0.6 is 0 Å². The topological polar surface area (TPSA) is 55.5 Å². The summed E-state index contributed by atoms with van der Waals surface area (Å²) in [5, 5.41) is 10.8. The maximum absolute atomic E-state index is 13.7. The van der Waals surface area contributed by atoms with Gasteiger partial charge < -0.3 is 15.6 Å². The third-order valence-electron chi connectivity index (χ3n) is 5.59. The molecular formula is C18H25F2NO2. The first-order valence-electron chi connectivity index (χ1n) is 8.35. The second kappa shape index (κ2) is 6.46. The smallest absolute Gasteiger partial charge is 0.248 e. The lowest BCUT2D eigenvalue weighted by atomic mass is 9.76. The van der Waals surface area contributed by atoms with Crippen molar-refractivity contribution in [2.24, 2.45) is 23.5 Å². The van der Waals surface area contributed by atoms with Gasteiger partial charge in [-0.15, -0.1) is 0 Å². The van der Waals surface area contributed by atoms with E-state index < -0.39 is 11.5 Å². The first kappa shape index (κ1) is 16.8. The molecule has 0 spiro atoms. The largest absolute Gasteiger partial charge is 0.388 e. The summed E-state index contributed by atoms with van der Waals surface area (Å²) in [4.78, 5) is 0. The van der Waals surface area contributed by atoms with Gasteiger partial charge in [0.25, 0.3) is 0 Å². The molecule has 3 nitrogen and oxygen atoms in total. The van der Waals surface area contributed by atoms with Crippen molar-refractivity contribution < 1.29 is 18.6 Å². The minimum absolute atomic E-state index is 0.0824. The minimum atomic E-state index is -2.60. The number of ether oxygens (including phenoxy) is 1. The number of alkyl halides is 2. The van der Waals surface area contributed by atoms with Gasteiger partial charge in [-0.2, -0.15) is 0 Å². The second-order valence-electron chi connectivity index (χ2n) is 7.14. The molecule has 2 saturated carbocycles. The molecule has 0 amide bonds. The molecule has 1 aromatic rings. The predicted molar refractivity (Wildman–Crippen MR) is 84.0 cm³/mol. The van der Waals surface area contributed by atoms with E-state index in [9.17, 15) is 13.9 Å². The lowest BCUT2D eigenvalue weighted by molar-refractivity contribution is -0.0767. The highest BCUT2D eigenvalue weighted by Crippen LogP contribution is 2.54. The van der Waals surface area contributed by atoms with Gasteiger partial charge in [0.1, 0.15) is 0 Å². The van der Waals surface area contributed by atoms with E-state index in [0.717, 1.165) is 5.56 Å². The molecule has 5 heteroatoms. The van der Waals surface area contributed by atoms with Gasteiger partial charge in [0.15, 0.2) is 0 Å². The highest BCUT2D eigenvalue weighted by Gasteiger charge is 2.56. The number of rotatable bonds is 5. The molecule has 0 bridgehead atoms. The van der Waals surface area contributed by atoms with Gasteiger partial charge in [-0.05, 0) is 30.2 Å². The Morgan fingerprint density at radius 2 is 1.96 bits per heavy atom. The highest BCUT2D eigenvalue weighted by atomic mass is 19.3. The Morgan fingerprint density at radius 1 is 1.22 bits per heavy atom. The maximum Gasteiger partial charge on any atom is 0.248 e. The Bertz CT molecular complexity index is 525. The molecule has 4 atom stereocenters. The zero-order valence-corrected chi connectivity index (χ0v) is 13.3. The molecule has 0 heterocycles. The lowest BCUT2D eigenvalue weighted by Gasteiger charge is -2.35. The third kappa shape index (κ3) is 3.57. The molecule has 2 aliphatic carbocycles. The van der Waals surface area contributed by atoms with Gasteiger partial charge in [0.05, 0.1) is 18.8 Å². The number of fused-ring (bicyclic) bond motifs is 1. The van der Waals surface area contributed by atoms with E-state index in [-0.39, 0.29) is 37.1 Å². The van der Waals surface area contributed by atoms with Crippen molar-refractivity contribution in [1.82, 2.24) is 0 Å². The average Bonchev–Trinajstić information content (AvgIpc) is 2.79. The Balaban J connectivity index is 1.64. The van der Waals surface area contributed by atoms with E-state index in [2.05, 4.69) is 0 Å².